The van der Waals surface area contributed by atoms with E-state index in [9.17, 15) is 0 Å². The van der Waals surface area contributed by atoms with Crippen LogP contribution >= 0.6 is 11.3 Å². The minimum absolute atomic E-state index is 0.236. The first-order chi connectivity index (χ1) is 29.1. The first-order valence-electron chi connectivity index (χ1n) is 20.8. The zero-order valence-electron chi connectivity index (χ0n) is 33.5. The molecule has 2 heterocycles. The van der Waals surface area contributed by atoms with Gasteiger partial charge in [0.2, 0.25) is 0 Å². The van der Waals surface area contributed by atoms with Crippen LogP contribution in [-0.4, -0.2) is 16.1 Å². The van der Waals surface area contributed by atoms with Gasteiger partial charge in [0.15, 0.2) is 5.84 Å². The van der Waals surface area contributed by atoms with Gasteiger partial charge in [0.05, 0.1) is 23.3 Å². The molecule has 0 fully saturated rings. The van der Waals surface area contributed by atoms with Crippen LogP contribution in [0.4, 0.5) is 0 Å². The second-order valence-corrected chi connectivity index (χ2v) is 16.7. The molecule has 286 valence electrons. The lowest BCUT2D eigenvalue weighted by molar-refractivity contribution is 0.741. The number of para-hydroxylation sites is 1. The Morgan fingerprint density at radius 3 is 2.24 bits per heavy atom. The molecule has 1 aliphatic carbocycles. The lowest BCUT2D eigenvalue weighted by Crippen LogP contribution is -2.15. The number of hydrogen-bond acceptors (Lipinski definition) is 2. The van der Waals surface area contributed by atoms with Gasteiger partial charge in [-0.25, -0.2) is 4.99 Å². The molecule has 10 rings (SSSR count). The van der Waals surface area contributed by atoms with E-state index >= 15 is 0 Å². The van der Waals surface area contributed by atoms with Gasteiger partial charge in [0.25, 0.3) is 0 Å². The summed E-state index contributed by atoms with van der Waals surface area (Å²) in [5.74, 6) is 0.991. The maximum atomic E-state index is 5.42. The van der Waals surface area contributed by atoms with Crippen molar-refractivity contribution in [1.29, 1.82) is 0 Å². The highest BCUT2D eigenvalue weighted by Crippen LogP contribution is 2.41. The van der Waals surface area contributed by atoms with Gasteiger partial charge in [0.1, 0.15) is 0 Å². The summed E-state index contributed by atoms with van der Waals surface area (Å²) >= 11 is 1.91. The number of nitrogens with zero attached hydrogens (tertiary/aromatic N) is 3. The predicted molar refractivity (Wildman–Crippen MR) is 254 cm³/mol. The fourth-order valence-corrected chi connectivity index (χ4v) is 9.82. The smallest absolute Gasteiger partial charge is 0.155 e. The van der Waals surface area contributed by atoms with Crippen molar-refractivity contribution < 1.29 is 0 Å². The van der Waals surface area contributed by atoms with Gasteiger partial charge in [-0.05, 0) is 112 Å². The molecule has 4 heteroatoms. The van der Waals surface area contributed by atoms with Crippen LogP contribution in [0.2, 0.25) is 0 Å². The summed E-state index contributed by atoms with van der Waals surface area (Å²) in [6, 6.07) is 61.3. The second kappa shape index (κ2) is 16.0. The first-order valence-corrected chi connectivity index (χ1v) is 21.6. The van der Waals surface area contributed by atoms with Crippen molar-refractivity contribution >= 4 is 60.9 Å². The summed E-state index contributed by atoms with van der Waals surface area (Å²) in [6.45, 7) is 5.05. The van der Waals surface area contributed by atoms with E-state index in [1.165, 1.54) is 70.3 Å². The number of benzene rings is 7. The minimum Gasteiger partial charge on any atom is -0.309 e. The molecule has 0 saturated carbocycles. The number of hydrogen-bond donors (Lipinski definition) is 0. The quantitative estimate of drug-likeness (QED) is 0.103. The molecule has 0 amide bonds. The minimum atomic E-state index is 0.236. The zero-order chi connectivity index (χ0) is 39.7. The van der Waals surface area contributed by atoms with Gasteiger partial charge in [-0.1, -0.05) is 153 Å². The van der Waals surface area contributed by atoms with Crippen LogP contribution in [-0.2, 0) is 13.0 Å². The second-order valence-electron chi connectivity index (χ2n) is 15.6. The van der Waals surface area contributed by atoms with Crippen LogP contribution in [0.15, 0.2) is 186 Å². The molecule has 7 aromatic carbocycles. The molecular weight excluding hydrogens is 735 g/mol. The number of amidine groups is 1. The Hall–Kier alpha value is -6.62. The fraction of sp³-hybridized carbons (Fsp3) is 0.127. The number of thiophene rings is 1. The first kappa shape index (κ1) is 36.7. The monoisotopic (exact) mass is 779 g/mol. The van der Waals surface area contributed by atoms with Crippen molar-refractivity contribution in [2.24, 2.45) is 15.9 Å². The molecule has 0 bridgehead atoms. The van der Waals surface area contributed by atoms with Crippen LogP contribution in [0.25, 0.3) is 65.9 Å². The number of rotatable bonds is 9. The molecule has 1 atom stereocenters. The Kier molecular flexibility index (Phi) is 9.93. The summed E-state index contributed by atoms with van der Waals surface area (Å²) in [6.07, 6.45) is 7.80. The average molecular weight is 780 g/mol. The Morgan fingerprint density at radius 1 is 0.661 bits per heavy atom. The Morgan fingerprint density at radius 2 is 1.41 bits per heavy atom. The maximum absolute atomic E-state index is 5.42. The van der Waals surface area contributed by atoms with E-state index in [1.54, 1.807) is 0 Å². The highest BCUT2D eigenvalue weighted by atomic mass is 32.1. The Bertz CT molecular complexity index is 3050. The van der Waals surface area contributed by atoms with Crippen LogP contribution in [0.3, 0.4) is 0 Å². The van der Waals surface area contributed by atoms with E-state index in [4.69, 9.17) is 9.98 Å². The summed E-state index contributed by atoms with van der Waals surface area (Å²) in [5, 5.41) is 3.93. The van der Waals surface area contributed by atoms with E-state index in [1.807, 2.05) is 17.4 Å². The molecule has 59 heavy (non-hydrogen) atoms. The lowest BCUT2D eigenvalue weighted by atomic mass is 9.93. The van der Waals surface area contributed by atoms with E-state index in [2.05, 4.69) is 194 Å². The highest BCUT2D eigenvalue weighted by molar-refractivity contribution is 7.20. The standard InChI is InChI=1S/C55H45N3S/c1-3-37(2)54(57-55(42-19-8-5-9-20-42)56-36-38-16-14-21-43(34-38)39-17-6-4-7-18-39)41-30-28-40(29-31-41)45-24-15-26-50-53(45)47-23-10-12-25-49(47)58(50)44-32-33-52-48(35-44)46-22-11-13-27-51(46)59-52/h4-10,12-21,23-35,37H,3,11,22,36H2,1-2H3. The molecule has 1 aliphatic rings. The van der Waals surface area contributed by atoms with Crippen molar-refractivity contribution in [1.82, 2.24) is 4.57 Å². The molecule has 3 nitrogen and oxygen atoms in total. The van der Waals surface area contributed by atoms with Gasteiger partial charge < -0.3 is 4.57 Å². The lowest BCUT2D eigenvalue weighted by Gasteiger charge is -2.16. The third kappa shape index (κ3) is 7.04. The van der Waals surface area contributed by atoms with Crippen LogP contribution in [0.1, 0.15) is 53.8 Å². The van der Waals surface area contributed by atoms with Gasteiger partial charge in [-0.2, -0.15) is 0 Å². The number of aromatic nitrogens is 1. The van der Waals surface area contributed by atoms with Crippen molar-refractivity contribution in [2.75, 3.05) is 0 Å². The summed E-state index contributed by atoms with van der Waals surface area (Å²) in [7, 11) is 0. The third-order valence-electron chi connectivity index (χ3n) is 11.9. The molecule has 9 aromatic rings. The molecule has 0 aliphatic heterocycles. The van der Waals surface area contributed by atoms with E-state index < -0.39 is 0 Å². The zero-order valence-corrected chi connectivity index (χ0v) is 34.3. The SMILES string of the molecule is CCC(C)C(=NC(=NCc1cccc(-c2ccccc2)c1)c1ccccc1)c1ccc(-c2cccc3c2c2ccccc2n3-c2ccc3sc4c(c3c2)CCC=C4)cc1. The molecule has 0 N–H and O–H groups in total. The summed E-state index contributed by atoms with van der Waals surface area (Å²) < 4.78 is 3.82. The topological polar surface area (TPSA) is 29.6 Å². The molecule has 1 unspecified atom stereocenters. The van der Waals surface area contributed by atoms with Crippen molar-refractivity contribution in [3.05, 3.63) is 203 Å². The Balaban J connectivity index is 1.03. The molecule has 0 radical (unpaired) electrons. The number of allylic oxidation sites excluding steroid dienone is 1. The number of aryl methyl sites for hydroxylation is 1. The molecule has 2 aromatic heterocycles. The number of fused-ring (bicyclic) bond motifs is 6. The molecule has 0 spiro atoms. The van der Waals surface area contributed by atoms with Crippen LogP contribution in [0, 0.1) is 5.92 Å². The molecule has 0 saturated heterocycles. The highest BCUT2D eigenvalue weighted by Gasteiger charge is 2.20. The normalized spacial score (nSPS) is 13.7. The van der Waals surface area contributed by atoms with E-state index in [0.717, 1.165) is 47.5 Å². The Labute approximate surface area is 350 Å². The van der Waals surface area contributed by atoms with Gasteiger partial charge >= 0.3 is 0 Å². The number of aliphatic imine (C=N–C) groups is 2. The van der Waals surface area contributed by atoms with Crippen LogP contribution < -0.4 is 0 Å². The molecular formula is C55H45N3S. The van der Waals surface area contributed by atoms with Gasteiger partial charge in [-0.3, -0.25) is 4.99 Å². The van der Waals surface area contributed by atoms with E-state index in [-0.39, 0.29) is 5.92 Å². The van der Waals surface area contributed by atoms with Gasteiger partial charge in [-0.15, -0.1) is 11.3 Å². The predicted octanol–water partition coefficient (Wildman–Crippen LogP) is 14.8. The average Bonchev–Trinajstić information content (AvgIpc) is 3.85. The summed E-state index contributed by atoms with van der Waals surface area (Å²) in [4.78, 5) is 12.0. The summed E-state index contributed by atoms with van der Waals surface area (Å²) in [5.41, 5.74) is 14.3. The van der Waals surface area contributed by atoms with Crippen molar-refractivity contribution in [2.45, 2.75) is 39.7 Å². The van der Waals surface area contributed by atoms with Crippen molar-refractivity contribution in [3.63, 3.8) is 0 Å². The third-order valence-corrected chi connectivity index (χ3v) is 13.0. The maximum Gasteiger partial charge on any atom is 0.155 e. The van der Waals surface area contributed by atoms with Crippen LogP contribution in [0.5, 0.6) is 0 Å². The van der Waals surface area contributed by atoms with Gasteiger partial charge in [0, 0.05) is 31.6 Å². The fourth-order valence-electron chi connectivity index (χ4n) is 8.65. The van der Waals surface area contributed by atoms with Crippen molar-refractivity contribution in [3.8, 4) is 27.9 Å². The van der Waals surface area contributed by atoms with E-state index in [0.29, 0.717) is 6.54 Å². The largest absolute Gasteiger partial charge is 0.309 e.